The van der Waals surface area contributed by atoms with E-state index in [4.69, 9.17) is 4.74 Å². The number of halogens is 1. The van der Waals surface area contributed by atoms with Crippen molar-refractivity contribution in [2.45, 2.75) is 26.3 Å². The number of benzene rings is 1. The molecule has 0 fully saturated rings. The van der Waals surface area contributed by atoms with Crippen LogP contribution in [0.25, 0.3) is 22.6 Å². The van der Waals surface area contributed by atoms with E-state index in [2.05, 4.69) is 20.4 Å². The Balaban J connectivity index is 1.58. The third kappa shape index (κ3) is 3.97. The van der Waals surface area contributed by atoms with Crippen LogP contribution >= 0.6 is 0 Å². The van der Waals surface area contributed by atoms with Gasteiger partial charge in [0, 0.05) is 48.9 Å². The van der Waals surface area contributed by atoms with Crippen LogP contribution in [0.4, 0.5) is 10.2 Å². The highest BCUT2D eigenvalue weighted by Crippen LogP contribution is 2.32. The number of carbonyl (C=O) groups is 1. The summed E-state index contributed by atoms with van der Waals surface area (Å²) in [5.41, 5.74) is 2.61. The topological polar surface area (TPSA) is 86.9 Å². The first-order valence-corrected chi connectivity index (χ1v) is 10.8. The molecular weight excluding hydrogens is 423 g/mol. The van der Waals surface area contributed by atoms with Gasteiger partial charge in [-0.25, -0.2) is 14.4 Å². The minimum atomic E-state index is -0.470. The third-order valence-corrected chi connectivity index (χ3v) is 5.83. The number of aromatic nitrogens is 5. The number of anilines is 1. The average Bonchev–Trinajstić information content (AvgIpc) is 3.40. The molecule has 3 aromatic heterocycles. The Morgan fingerprint density at radius 1 is 1.15 bits per heavy atom. The Labute approximate surface area is 190 Å². The third-order valence-electron chi connectivity index (χ3n) is 5.83. The lowest BCUT2D eigenvalue weighted by Crippen LogP contribution is -2.16. The first-order valence-electron chi connectivity index (χ1n) is 10.8. The van der Waals surface area contributed by atoms with E-state index >= 15 is 4.39 Å². The molecule has 0 saturated carbocycles. The summed E-state index contributed by atoms with van der Waals surface area (Å²) in [6.45, 7) is 2.96. The fourth-order valence-electron chi connectivity index (χ4n) is 3.92. The van der Waals surface area contributed by atoms with Gasteiger partial charge in [-0.3, -0.25) is 9.48 Å². The van der Waals surface area contributed by atoms with E-state index in [1.54, 1.807) is 30.2 Å². The molecule has 1 N–H and O–H groups in total. The molecule has 1 aliphatic heterocycles. The van der Waals surface area contributed by atoms with E-state index in [9.17, 15) is 4.79 Å². The molecular formula is C24H23FN6O2. The van der Waals surface area contributed by atoms with Gasteiger partial charge in [0.05, 0.1) is 18.4 Å². The van der Waals surface area contributed by atoms with Crippen LogP contribution in [-0.2, 0) is 13.6 Å². The Bertz CT molecular complexity index is 1340. The van der Waals surface area contributed by atoms with Gasteiger partial charge in [-0.2, -0.15) is 5.10 Å². The molecule has 1 aromatic carbocycles. The summed E-state index contributed by atoms with van der Waals surface area (Å²) >= 11 is 0. The fourth-order valence-corrected chi connectivity index (χ4v) is 3.92. The fraction of sp³-hybridized carbons (Fsp3) is 0.250. The summed E-state index contributed by atoms with van der Waals surface area (Å²) in [4.78, 5) is 22.3. The Hall–Kier alpha value is -4.01. The molecule has 168 valence electrons. The zero-order valence-corrected chi connectivity index (χ0v) is 18.4. The normalized spacial score (nSPS) is 14.0. The summed E-state index contributed by atoms with van der Waals surface area (Å²) in [5.74, 6) is 0.408. The van der Waals surface area contributed by atoms with Crippen LogP contribution in [0.2, 0.25) is 0 Å². The smallest absolute Gasteiger partial charge is 0.260 e. The number of carbonyl (C=O) groups excluding carboxylic acids is 1. The number of nitrogens with zero attached hydrogens (tertiary/aromatic N) is 5. The number of ether oxygens (including phenoxy) is 1. The maximum absolute atomic E-state index is 15.1. The number of rotatable bonds is 1. The van der Waals surface area contributed by atoms with Crippen molar-refractivity contribution in [3.8, 4) is 28.4 Å². The van der Waals surface area contributed by atoms with Crippen molar-refractivity contribution in [1.29, 1.82) is 0 Å². The van der Waals surface area contributed by atoms with Crippen LogP contribution in [0.1, 0.15) is 28.9 Å². The van der Waals surface area contributed by atoms with E-state index in [0.717, 1.165) is 30.9 Å². The van der Waals surface area contributed by atoms with Crippen molar-refractivity contribution in [2.75, 3.05) is 11.9 Å². The summed E-state index contributed by atoms with van der Waals surface area (Å²) < 4.78 is 24.6. The minimum Gasteiger partial charge on any atom is -0.493 e. The highest BCUT2D eigenvalue weighted by molar-refractivity contribution is 6.06. The van der Waals surface area contributed by atoms with Crippen molar-refractivity contribution < 1.29 is 13.9 Å². The molecule has 0 unspecified atom stereocenters. The molecule has 1 aliphatic rings. The Kier molecular flexibility index (Phi) is 5.37. The van der Waals surface area contributed by atoms with Gasteiger partial charge in [0.15, 0.2) is 5.82 Å². The van der Waals surface area contributed by atoms with Crippen molar-refractivity contribution in [2.24, 2.45) is 7.05 Å². The van der Waals surface area contributed by atoms with E-state index in [1.165, 1.54) is 12.1 Å². The van der Waals surface area contributed by atoms with E-state index < -0.39 is 11.7 Å². The number of fused-ring (bicyclic) bond motifs is 5. The van der Waals surface area contributed by atoms with E-state index in [0.29, 0.717) is 29.2 Å². The van der Waals surface area contributed by atoms with Crippen molar-refractivity contribution >= 4 is 11.7 Å². The van der Waals surface area contributed by atoms with Gasteiger partial charge in [0.25, 0.3) is 5.91 Å². The largest absolute Gasteiger partial charge is 0.493 e. The molecule has 8 nitrogen and oxygen atoms in total. The molecule has 4 heterocycles. The van der Waals surface area contributed by atoms with Crippen LogP contribution in [-0.4, -0.2) is 36.8 Å². The molecule has 0 spiro atoms. The summed E-state index contributed by atoms with van der Waals surface area (Å²) in [6, 6.07) is 8.18. The number of hydrogen-bond donors (Lipinski definition) is 1. The average molecular weight is 446 g/mol. The molecule has 33 heavy (non-hydrogen) atoms. The Morgan fingerprint density at radius 3 is 2.85 bits per heavy atom. The second-order valence-electron chi connectivity index (χ2n) is 7.96. The molecule has 4 aromatic rings. The molecule has 9 heteroatoms. The van der Waals surface area contributed by atoms with Gasteiger partial charge < -0.3 is 14.6 Å². The first kappa shape index (κ1) is 20.9. The van der Waals surface area contributed by atoms with E-state index in [-0.39, 0.29) is 11.3 Å². The monoisotopic (exact) mass is 446 g/mol. The lowest BCUT2D eigenvalue weighted by atomic mass is 10.0. The summed E-state index contributed by atoms with van der Waals surface area (Å²) in [5, 5.41) is 7.02. The Morgan fingerprint density at radius 2 is 2.03 bits per heavy atom. The van der Waals surface area contributed by atoms with Crippen molar-refractivity contribution in [1.82, 2.24) is 24.3 Å². The van der Waals surface area contributed by atoms with Crippen LogP contribution in [0.15, 0.2) is 48.9 Å². The minimum absolute atomic E-state index is 0.201. The number of imidazole rings is 1. The van der Waals surface area contributed by atoms with Gasteiger partial charge in [0.2, 0.25) is 0 Å². The van der Waals surface area contributed by atoms with Crippen molar-refractivity contribution in [3.63, 3.8) is 0 Å². The van der Waals surface area contributed by atoms with Gasteiger partial charge in [0.1, 0.15) is 23.1 Å². The number of aryl methyl sites for hydroxylation is 2. The lowest BCUT2D eigenvalue weighted by molar-refractivity contribution is 0.102. The second kappa shape index (κ2) is 8.50. The molecule has 0 atom stereocenters. The summed E-state index contributed by atoms with van der Waals surface area (Å²) in [6.07, 6.45) is 6.80. The van der Waals surface area contributed by atoms with Crippen LogP contribution in [0.5, 0.6) is 5.75 Å². The van der Waals surface area contributed by atoms with Crippen LogP contribution < -0.4 is 10.1 Å². The van der Waals surface area contributed by atoms with Crippen LogP contribution in [0, 0.1) is 12.7 Å². The maximum atomic E-state index is 15.1. The van der Waals surface area contributed by atoms with Gasteiger partial charge in [-0.05, 0) is 38.0 Å². The quantitative estimate of drug-likeness (QED) is 0.473. The zero-order valence-electron chi connectivity index (χ0n) is 18.4. The number of hydrogen-bond acceptors (Lipinski definition) is 5. The molecule has 0 radical (unpaired) electrons. The van der Waals surface area contributed by atoms with Gasteiger partial charge in [-0.15, -0.1) is 0 Å². The van der Waals surface area contributed by atoms with Gasteiger partial charge >= 0.3 is 0 Å². The first-order chi connectivity index (χ1) is 16.0. The summed E-state index contributed by atoms with van der Waals surface area (Å²) in [7, 11) is 1.79. The maximum Gasteiger partial charge on any atom is 0.260 e. The molecule has 5 rings (SSSR count). The predicted molar refractivity (Wildman–Crippen MR) is 121 cm³/mol. The predicted octanol–water partition coefficient (Wildman–Crippen LogP) is 4.22. The highest BCUT2D eigenvalue weighted by atomic mass is 19.1. The molecule has 2 bridgehead atoms. The molecule has 0 saturated heterocycles. The number of nitrogens with one attached hydrogen (secondary N) is 1. The zero-order chi connectivity index (χ0) is 22.9. The second-order valence-corrected chi connectivity index (χ2v) is 7.96. The number of pyridine rings is 1. The highest BCUT2D eigenvalue weighted by Gasteiger charge is 2.21. The van der Waals surface area contributed by atoms with E-state index in [1.807, 2.05) is 29.8 Å². The van der Waals surface area contributed by atoms with Crippen LogP contribution in [0.3, 0.4) is 0 Å². The SMILES string of the molecule is Cc1c(-c2cc3c(cc2F)OCCCCn2ccnc2-c2cccc(n2)NC3=O)cnn1C. The molecule has 0 aliphatic carbocycles. The molecule has 1 amide bonds. The van der Waals surface area contributed by atoms with Gasteiger partial charge in [-0.1, -0.05) is 6.07 Å². The van der Waals surface area contributed by atoms with Crippen molar-refractivity contribution in [3.05, 3.63) is 66.0 Å². The standard InChI is InChI=1S/C24H23FN6O2/c1-15-18(14-27-30(15)2)16-12-17-21(13-19(16)25)33-11-4-3-9-31-10-8-26-23(31)20-6-5-7-22(28-20)29-24(17)32/h5-8,10,12-14H,3-4,9,11H2,1-2H3,(H,28,29,32). The number of amides is 1. The lowest BCUT2D eigenvalue weighted by Gasteiger charge is -2.16.